The average molecular weight is 573 g/mol. The van der Waals surface area contributed by atoms with Crippen LogP contribution in [0.1, 0.15) is 92.9 Å². The molecule has 2 fully saturated rings. The zero-order chi connectivity index (χ0) is 28.2. The maximum atomic E-state index is 15.0. The average Bonchev–Trinajstić information content (AvgIpc) is 2.90. The minimum absolute atomic E-state index is 0.120. The highest BCUT2D eigenvalue weighted by atomic mass is 32.2. The van der Waals surface area contributed by atoms with Crippen LogP contribution in [0.15, 0.2) is 29.2 Å². The molecule has 0 bridgehead atoms. The molecule has 2 saturated carbocycles. The Bertz CT molecular complexity index is 1080. The van der Waals surface area contributed by atoms with Crippen LogP contribution >= 0.6 is 11.8 Å². The summed E-state index contributed by atoms with van der Waals surface area (Å²) in [5.74, 6) is -2.34. The molecule has 4 rings (SSSR count). The molecule has 1 nitrogen and oxygen atoms in total. The van der Waals surface area contributed by atoms with Gasteiger partial charge in [-0.25, -0.2) is 13.2 Å². The summed E-state index contributed by atoms with van der Waals surface area (Å²) in [5.41, 5.74) is 0.962. The lowest BCUT2D eigenvalue weighted by molar-refractivity contribution is -0.279. The number of thioether (sulfide) groups is 1. The van der Waals surface area contributed by atoms with Gasteiger partial charge in [0.2, 0.25) is 0 Å². The van der Waals surface area contributed by atoms with Gasteiger partial charge < -0.3 is 4.74 Å². The van der Waals surface area contributed by atoms with Gasteiger partial charge in [-0.3, -0.25) is 4.39 Å². The quantitative estimate of drug-likeness (QED) is 0.207. The van der Waals surface area contributed by atoms with Crippen LogP contribution < -0.4 is 0 Å². The van der Waals surface area contributed by atoms with Crippen LogP contribution in [-0.4, -0.2) is 18.5 Å². The minimum Gasteiger partial charge on any atom is -0.313 e. The second-order valence-electron chi connectivity index (χ2n) is 11.3. The molecular weight excluding hydrogens is 534 g/mol. The van der Waals surface area contributed by atoms with E-state index in [1.54, 1.807) is 6.07 Å². The zero-order valence-corrected chi connectivity index (χ0v) is 23.5. The molecule has 0 unspecified atom stereocenters. The summed E-state index contributed by atoms with van der Waals surface area (Å²) in [7, 11) is 0. The molecule has 0 atom stereocenters. The Morgan fingerprint density at radius 2 is 1.56 bits per heavy atom. The lowest BCUT2D eigenvalue weighted by Crippen LogP contribution is -2.31. The van der Waals surface area contributed by atoms with Crippen molar-refractivity contribution >= 4 is 11.8 Å². The van der Waals surface area contributed by atoms with Crippen LogP contribution in [0.3, 0.4) is 0 Å². The van der Waals surface area contributed by atoms with Gasteiger partial charge in [0.1, 0.15) is 5.82 Å². The molecule has 216 valence electrons. The second-order valence-corrected chi connectivity index (χ2v) is 12.3. The number of rotatable bonds is 10. The maximum Gasteiger partial charge on any atom is 0.386 e. The summed E-state index contributed by atoms with van der Waals surface area (Å²) in [6.45, 7) is 3.50. The van der Waals surface area contributed by atoms with Crippen molar-refractivity contribution in [2.75, 3.05) is 12.4 Å². The third-order valence-corrected chi connectivity index (χ3v) is 9.77. The minimum atomic E-state index is -3.96. The molecule has 2 aromatic rings. The van der Waals surface area contributed by atoms with Gasteiger partial charge in [0.05, 0.1) is 18.3 Å². The van der Waals surface area contributed by atoms with Crippen molar-refractivity contribution in [1.82, 2.24) is 0 Å². The highest BCUT2D eigenvalue weighted by Gasteiger charge is 2.41. The highest BCUT2D eigenvalue weighted by molar-refractivity contribution is 7.99. The van der Waals surface area contributed by atoms with Gasteiger partial charge in [-0.05, 0) is 111 Å². The maximum absolute atomic E-state index is 15.0. The standard InChI is InChI=1S/C31H38F6OS/c1-3-4-22-15-19(2)30(27(33)16-22)39-18-21-5-9-23(10-6-21)25-13-14-26(29(35)28(25)34)31(36,37)38-24-11-7-20(17-32)8-12-24/h13-16,20-21,23-24H,3-12,17-18H2,1-2H3. The smallest absolute Gasteiger partial charge is 0.313 e. The molecule has 0 N–H and O–H groups in total. The fraction of sp³-hybridized carbons (Fsp3) is 0.613. The normalized spacial score (nSPS) is 24.2. The number of alkyl halides is 3. The molecule has 0 amide bonds. The Morgan fingerprint density at radius 1 is 0.897 bits per heavy atom. The number of aryl methyl sites for hydroxylation is 2. The summed E-state index contributed by atoms with van der Waals surface area (Å²) in [4.78, 5) is 0.666. The molecule has 0 saturated heterocycles. The van der Waals surface area contributed by atoms with Crippen LogP contribution in [0.25, 0.3) is 0 Å². The van der Waals surface area contributed by atoms with Crippen LogP contribution in [0.4, 0.5) is 26.3 Å². The van der Waals surface area contributed by atoms with E-state index >= 15 is 4.39 Å². The summed E-state index contributed by atoms with van der Waals surface area (Å²) in [6.07, 6.45) is 1.21. The molecule has 0 heterocycles. The van der Waals surface area contributed by atoms with Crippen LogP contribution in [0.2, 0.25) is 0 Å². The van der Waals surface area contributed by atoms with Crippen molar-refractivity contribution in [3.8, 4) is 0 Å². The summed E-state index contributed by atoms with van der Waals surface area (Å²) >= 11 is 1.50. The van der Waals surface area contributed by atoms with E-state index in [1.807, 2.05) is 13.0 Å². The molecule has 0 aromatic heterocycles. The first kappa shape index (κ1) is 30.3. The Morgan fingerprint density at radius 3 is 2.18 bits per heavy atom. The summed E-state index contributed by atoms with van der Waals surface area (Å²) in [6, 6.07) is 5.86. The van der Waals surface area contributed by atoms with E-state index in [0.717, 1.165) is 48.6 Å². The predicted molar refractivity (Wildman–Crippen MR) is 144 cm³/mol. The predicted octanol–water partition coefficient (Wildman–Crippen LogP) is 10.0. The molecule has 39 heavy (non-hydrogen) atoms. The van der Waals surface area contributed by atoms with Crippen molar-refractivity contribution in [2.45, 2.75) is 101 Å². The van der Waals surface area contributed by atoms with E-state index in [1.165, 1.54) is 17.8 Å². The van der Waals surface area contributed by atoms with Crippen LogP contribution in [-0.2, 0) is 17.3 Å². The largest absolute Gasteiger partial charge is 0.386 e. The first-order chi connectivity index (χ1) is 18.6. The number of ether oxygens (including phenoxy) is 1. The summed E-state index contributed by atoms with van der Waals surface area (Å²) in [5, 5.41) is 0. The van der Waals surface area contributed by atoms with Gasteiger partial charge in [-0.2, -0.15) is 8.78 Å². The van der Waals surface area contributed by atoms with E-state index in [2.05, 4.69) is 6.92 Å². The van der Waals surface area contributed by atoms with E-state index in [4.69, 9.17) is 4.74 Å². The molecule has 2 aliphatic rings. The summed E-state index contributed by atoms with van der Waals surface area (Å²) < 4.78 is 91.9. The van der Waals surface area contributed by atoms with Crippen molar-refractivity contribution < 1.29 is 31.1 Å². The molecule has 8 heteroatoms. The Balaban J connectivity index is 1.34. The number of hydrogen-bond acceptors (Lipinski definition) is 2. The van der Waals surface area contributed by atoms with Gasteiger partial charge in [0.25, 0.3) is 0 Å². The van der Waals surface area contributed by atoms with Crippen LogP contribution in [0.5, 0.6) is 0 Å². The van der Waals surface area contributed by atoms with Crippen molar-refractivity contribution in [2.24, 2.45) is 11.8 Å². The SMILES string of the molecule is CCCc1cc(C)c(SCC2CCC(c3ccc(C(F)(F)OC4CCC(CF)CC4)c(F)c3F)CC2)c(F)c1. The van der Waals surface area contributed by atoms with E-state index < -0.39 is 36.1 Å². The van der Waals surface area contributed by atoms with Gasteiger partial charge in [-0.15, -0.1) is 11.8 Å². The first-order valence-corrected chi connectivity index (χ1v) is 15.1. The fourth-order valence-corrected chi connectivity index (χ4v) is 7.26. The number of benzene rings is 2. The Labute approximate surface area is 232 Å². The molecule has 0 aliphatic heterocycles. The molecule has 0 spiro atoms. The van der Waals surface area contributed by atoms with Crippen molar-refractivity contribution in [1.29, 1.82) is 0 Å². The topological polar surface area (TPSA) is 9.23 Å². The van der Waals surface area contributed by atoms with Gasteiger partial charge in [0.15, 0.2) is 11.6 Å². The van der Waals surface area contributed by atoms with Gasteiger partial charge in [-0.1, -0.05) is 25.5 Å². The fourth-order valence-electron chi connectivity index (χ4n) is 6.04. The second kappa shape index (κ2) is 13.3. The third kappa shape index (κ3) is 7.35. The Hall–Kier alpha value is -1.67. The van der Waals surface area contributed by atoms with Crippen molar-refractivity contribution in [3.05, 3.63) is 64.0 Å². The van der Waals surface area contributed by atoms with Gasteiger partial charge >= 0.3 is 6.11 Å². The monoisotopic (exact) mass is 572 g/mol. The zero-order valence-electron chi connectivity index (χ0n) is 22.7. The van der Waals surface area contributed by atoms with Gasteiger partial charge in [0, 0.05) is 10.6 Å². The van der Waals surface area contributed by atoms with Crippen LogP contribution in [0, 0.1) is 36.2 Å². The first-order valence-electron chi connectivity index (χ1n) is 14.1. The van der Waals surface area contributed by atoms with Crippen molar-refractivity contribution in [3.63, 3.8) is 0 Å². The lowest BCUT2D eigenvalue weighted by Gasteiger charge is -2.31. The van der Waals surface area contributed by atoms with E-state index in [9.17, 15) is 22.0 Å². The third-order valence-electron chi connectivity index (χ3n) is 8.33. The van der Waals surface area contributed by atoms with E-state index in [0.29, 0.717) is 36.5 Å². The molecule has 0 radical (unpaired) electrons. The number of halogens is 6. The molecular formula is C31H38F6OS. The lowest BCUT2D eigenvalue weighted by atomic mass is 9.79. The molecule has 2 aromatic carbocycles. The Kier molecular flexibility index (Phi) is 10.4. The number of hydrogen-bond donors (Lipinski definition) is 0. The van der Waals surface area contributed by atoms with E-state index in [-0.39, 0.29) is 36.1 Å². The highest BCUT2D eigenvalue weighted by Crippen LogP contribution is 2.43. The molecule has 2 aliphatic carbocycles.